The van der Waals surface area contributed by atoms with E-state index in [9.17, 15) is 14.4 Å². The summed E-state index contributed by atoms with van der Waals surface area (Å²) in [7, 11) is 3.01. The highest BCUT2D eigenvalue weighted by Crippen LogP contribution is 2.20. The molecule has 0 radical (unpaired) electrons. The molecule has 1 aliphatic heterocycles. The van der Waals surface area contributed by atoms with E-state index in [0.29, 0.717) is 13.1 Å². The fourth-order valence-corrected chi connectivity index (χ4v) is 3.62. The molecule has 0 aromatic heterocycles. The summed E-state index contributed by atoms with van der Waals surface area (Å²) in [4.78, 5) is 41.7. The van der Waals surface area contributed by atoms with Crippen LogP contribution in [0.5, 0.6) is 0 Å². The van der Waals surface area contributed by atoms with Crippen LogP contribution in [-0.4, -0.2) is 71.5 Å². The lowest BCUT2D eigenvalue weighted by Gasteiger charge is -2.23. The molecule has 0 bridgehead atoms. The maximum Gasteiger partial charge on any atom is 0.326 e. The molecule has 0 N–H and O–H groups in total. The van der Waals surface area contributed by atoms with Gasteiger partial charge < -0.3 is 9.80 Å². The average Bonchev–Trinajstić information content (AvgIpc) is 2.78. The number of thioether (sulfide) groups is 1. The summed E-state index contributed by atoms with van der Waals surface area (Å²) in [5.74, 6) is 0.377. The number of urea groups is 1. The van der Waals surface area contributed by atoms with Crippen LogP contribution in [0.1, 0.15) is 18.9 Å². The van der Waals surface area contributed by atoms with Crippen molar-refractivity contribution >= 4 is 29.6 Å². The molecule has 0 spiro atoms. The third-order valence-corrected chi connectivity index (χ3v) is 5.42. The van der Waals surface area contributed by atoms with Crippen LogP contribution < -0.4 is 0 Å². The first-order valence-corrected chi connectivity index (χ1v) is 9.35. The third-order valence-electron chi connectivity index (χ3n) is 4.43. The zero-order valence-corrected chi connectivity index (χ0v) is 16.0. The van der Waals surface area contributed by atoms with E-state index >= 15 is 0 Å². The van der Waals surface area contributed by atoms with Crippen molar-refractivity contribution in [2.75, 3.05) is 32.9 Å². The molecule has 2 rings (SSSR count). The topological polar surface area (TPSA) is 60.9 Å². The normalized spacial score (nSPS) is 17.4. The molecule has 1 aromatic carbocycles. The number of nitrogens with zero attached hydrogens (tertiary/aromatic N) is 3. The Hall–Kier alpha value is -2.02. The van der Waals surface area contributed by atoms with Gasteiger partial charge in [0, 0.05) is 37.8 Å². The molecule has 0 aliphatic carbocycles. The molecule has 1 heterocycles. The average molecular weight is 363 g/mol. The summed E-state index contributed by atoms with van der Waals surface area (Å²) in [6.07, 6.45) is 0.0362. The summed E-state index contributed by atoms with van der Waals surface area (Å²) >= 11 is 1.70. The second-order valence-electron chi connectivity index (χ2n) is 6.15. The zero-order valence-electron chi connectivity index (χ0n) is 15.2. The molecule has 0 saturated carbocycles. The van der Waals surface area contributed by atoms with Gasteiger partial charge in [0.15, 0.2) is 0 Å². The summed E-state index contributed by atoms with van der Waals surface area (Å²) in [5, 5.41) is 0. The smallest absolute Gasteiger partial charge is 0.326 e. The predicted octanol–water partition coefficient (Wildman–Crippen LogP) is 2.22. The van der Waals surface area contributed by atoms with Gasteiger partial charge in [-0.15, -0.1) is 11.8 Å². The van der Waals surface area contributed by atoms with Crippen molar-refractivity contribution in [1.82, 2.24) is 14.7 Å². The van der Waals surface area contributed by atoms with E-state index in [1.807, 2.05) is 6.92 Å². The molecule has 25 heavy (non-hydrogen) atoms. The number of likely N-dealkylation sites (N-methyl/N-ethyl adjacent to an activating group) is 2. The lowest BCUT2D eigenvalue weighted by Crippen LogP contribution is -2.40. The molecule has 1 aliphatic rings. The van der Waals surface area contributed by atoms with E-state index in [1.165, 1.54) is 22.4 Å². The Balaban J connectivity index is 1.87. The number of hydrogen-bond acceptors (Lipinski definition) is 4. The SMILES string of the molecule is CCN(CCSc1ccc(C)cc1)C(=O)CC1C(=O)N(C)C(=O)N1C. The van der Waals surface area contributed by atoms with Gasteiger partial charge in [-0.05, 0) is 26.0 Å². The monoisotopic (exact) mass is 363 g/mol. The Bertz CT molecular complexity index is 647. The van der Waals surface area contributed by atoms with Crippen LogP contribution >= 0.6 is 11.8 Å². The number of hydrogen-bond donors (Lipinski definition) is 0. The summed E-state index contributed by atoms with van der Waals surface area (Å²) in [6.45, 7) is 5.17. The second-order valence-corrected chi connectivity index (χ2v) is 7.31. The lowest BCUT2D eigenvalue weighted by atomic mass is 10.1. The van der Waals surface area contributed by atoms with Crippen LogP contribution in [-0.2, 0) is 9.59 Å². The molecule has 7 heteroatoms. The van der Waals surface area contributed by atoms with Crippen LogP contribution in [0.4, 0.5) is 4.79 Å². The molecule has 1 fully saturated rings. The minimum Gasteiger partial charge on any atom is -0.342 e. The number of aryl methyl sites for hydroxylation is 1. The number of rotatable bonds is 7. The van der Waals surface area contributed by atoms with Crippen molar-refractivity contribution in [3.8, 4) is 0 Å². The number of imide groups is 1. The van der Waals surface area contributed by atoms with Gasteiger partial charge >= 0.3 is 6.03 Å². The van der Waals surface area contributed by atoms with E-state index in [-0.39, 0.29) is 24.3 Å². The van der Waals surface area contributed by atoms with Crippen LogP contribution in [0.3, 0.4) is 0 Å². The van der Waals surface area contributed by atoms with Gasteiger partial charge in [0.1, 0.15) is 6.04 Å². The Morgan fingerprint density at radius 3 is 2.36 bits per heavy atom. The molecular formula is C18H25N3O3S. The molecule has 1 atom stereocenters. The largest absolute Gasteiger partial charge is 0.342 e. The number of amides is 4. The number of benzene rings is 1. The van der Waals surface area contributed by atoms with Crippen LogP contribution in [0.25, 0.3) is 0 Å². The standard InChI is InChI=1S/C18H25N3O3S/c1-5-21(10-11-25-14-8-6-13(2)7-9-14)16(22)12-15-17(23)20(4)18(24)19(15)3/h6-9,15H,5,10-12H2,1-4H3. The Morgan fingerprint density at radius 2 is 1.84 bits per heavy atom. The fraction of sp³-hybridized carbons (Fsp3) is 0.500. The van der Waals surface area contributed by atoms with Gasteiger partial charge in [-0.2, -0.15) is 0 Å². The zero-order chi connectivity index (χ0) is 18.6. The van der Waals surface area contributed by atoms with Crippen molar-refractivity contribution in [2.24, 2.45) is 0 Å². The first-order chi connectivity index (χ1) is 11.8. The molecule has 4 amide bonds. The van der Waals surface area contributed by atoms with Crippen molar-refractivity contribution in [3.63, 3.8) is 0 Å². The van der Waals surface area contributed by atoms with Gasteiger partial charge in [0.2, 0.25) is 5.91 Å². The fourth-order valence-electron chi connectivity index (χ4n) is 2.74. The molecule has 1 saturated heterocycles. The van der Waals surface area contributed by atoms with E-state index in [1.54, 1.807) is 23.7 Å². The van der Waals surface area contributed by atoms with E-state index in [0.717, 1.165) is 10.7 Å². The first kappa shape index (κ1) is 19.3. The summed E-state index contributed by atoms with van der Waals surface area (Å²) in [5.41, 5.74) is 1.22. The van der Waals surface area contributed by atoms with Gasteiger partial charge in [-0.3, -0.25) is 14.5 Å². The number of carbonyl (C=O) groups is 3. The number of carbonyl (C=O) groups excluding carboxylic acids is 3. The van der Waals surface area contributed by atoms with Gasteiger partial charge in [-0.1, -0.05) is 17.7 Å². The van der Waals surface area contributed by atoms with Crippen LogP contribution in [0.2, 0.25) is 0 Å². The molecular weight excluding hydrogens is 338 g/mol. The van der Waals surface area contributed by atoms with Crippen molar-refractivity contribution < 1.29 is 14.4 Å². The van der Waals surface area contributed by atoms with Crippen molar-refractivity contribution in [3.05, 3.63) is 29.8 Å². The van der Waals surface area contributed by atoms with E-state index in [2.05, 4.69) is 31.2 Å². The third kappa shape index (κ3) is 4.54. The lowest BCUT2D eigenvalue weighted by molar-refractivity contribution is -0.136. The highest BCUT2D eigenvalue weighted by molar-refractivity contribution is 7.99. The van der Waals surface area contributed by atoms with Crippen molar-refractivity contribution in [2.45, 2.75) is 31.2 Å². The highest BCUT2D eigenvalue weighted by Gasteiger charge is 2.42. The molecule has 6 nitrogen and oxygen atoms in total. The molecule has 1 aromatic rings. The van der Waals surface area contributed by atoms with Gasteiger partial charge in [0.25, 0.3) is 5.91 Å². The Labute approximate surface area is 153 Å². The Morgan fingerprint density at radius 1 is 1.20 bits per heavy atom. The minimum atomic E-state index is -0.691. The van der Waals surface area contributed by atoms with Crippen molar-refractivity contribution in [1.29, 1.82) is 0 Å². The van der Waals surface area contributed by atoms with E-state index in [4.69, 9.17) is 0 Å². The van der Waals surface area contributed by atoms with Crippen LogP contribution in [0, 0.1) is 6.92 Å². The van der Waals surface area contributed by atoms with E-state index < -0.39 is 6.04 Å². The maximum absolute atomic E-state index is 12.5. The Kier molecular flexibility index (Phi) is 6.47. The summed E-state index contributed by atoms with van der Waals surface area (Å²) < 4.78 is 0. The van der Waals surface area contributed by atoms with Gasteiger partial charge in [0.05, 0.1) is 6.42 Å². The van der Waals surface area contributed by atoms with Gasteiger partial charge in [-0.25, -0.2) is 4.79 Å². The summed E-state index contributed by atoms with van der Waals surface area (Å²) in [6, 6.07) is 7.24. The molecule has 136 valence electrons. The quantitative estimate of drug-likeness (QED) is 0.550. The molecule has 1 unspecified atom stereocenters. The predicted molar refractivity (Wildman–Crippen MR) is 98.5 cm³/mol. The first-order valence-electron chi connectivity index (χ1n) is 8.36. The van der Waals surface area contributed by atoms with Crippen LogP contribution in [0.15, 0.2) is 29.2 Å². The second kappa shape index (κ2) is 8.38. The maximum atomic E-state index is 12.5. The minimum absolute atomic E-state index is 0.0362. The highest BCUT2D eigenvalue weighted by atomic mass is 32.2.